The number of rotatable bonds is 3. The third-order valence-corrected chi connectivity index (χ3v) is 4.43. The number of nitrogens with zero attached hydrogens (tertiary/aromatic N) is 5. The summed E-state index contributed by atoms with van der Waals surface area (Å²) in [5.74, 6) is -0.0271. The second kappa shape index (κ2) is 6.39. The van der Waals surface area contributed by atoms with Gasteiger partial charge in [-0.25, -0.2) is 4.98 Å². The molecule has 3 rings (SSSR count). The van der Waals surface area contributed by atoms with Gasteiger partial charge in [0.05, 0.1) is 12.1 Å². The highest BCUT2D eigenvalue weighted by molar-refractivity contribution is 5.94. The van der Waals surface area contributed by atoms with E-state index >= 15 is 0 Å². The fraction of sp³-hybridized carbons (Fsp3) is 0.600. The summed E-state index contributed by atoms with van der Waals surface area (Å²) in [4.78, 5) is 38.4. The lowest BCUT2D eigenvalue weighted by molar-refractivity contribution is -0.141. The molecule has 0 unspecified atom stereocenters. The number of hydrogen-bond donors (Lipinski definition) is 0. The van der Waals surface area contributed by atoms with Crippen LogP contribution in [0.5, 0.6) is 0 Å². The Labute approximate surface area is 129 Å². The number of carbonyl (C=O) groups excluding carboxylic acids is 2. The van der Waals surface area contributed by atoms with Gasteiger partial charge in [-0.3, -0.25) is 14.6 Å². The van der Waals surface area contributed by atoms with E-state index in [0.717, 1.165) is 32.7 Å². The van der Waals surface area contributed by atoms with Crippen molar-refractivity contribution in [2.75, 3.05) is 45.8 Å². The van der Waals surface area contributed by atoms with Gasteiger partial charge < -0.3 is 14.7 Å². The topological polar surface area (TPSA) is 69.6 Å². The van der Waals surface area contributed by atoms with Crippen molar-refractivity contribution in [2.45, 2.75) is 6.92 Å². The molecule has 7 heteroatoms. The number of aromatic nitrogens is 2. The number of likely N-dealkylation sites (N-methyl/N-ethyl adjacent to an activating group) is 1. The summed E-state index contributed by atoms with van der Waals surface area (Å²) in [5.41, 5.74) is 0.338. The lowest BCUT2D eigenvalue weighted by Gasteiger charge is -2.42. The van der Waals surface area contributed by atoms with E-state index in [9.17, 15) is 9.59 Å². The van der Waals surface area contributed by atoms with Gasteiger partial charge in [-0.2, -0.15) is 0 Å². The number of hydrogen-bond acceptors (Lipinski definition) is 5. The van der Waals surface area contributed by atoms with Crippen molar-refractivity contribution >= 4 is 11.8 Å². The van der Waals surface area contributed by atoms with Gasteiger partial charge >= 0.3 is 0 Å². The predicted octanol–water partition coefficient (Wildman–Crippen LogP) is -0.287. The fourth-order valence-electron chi connectivity index (χ4n) is 2.91. The minimum Gasteiger partial charge on any atom is -0.340 e. The number of carbonyl (C=O) groups is 2. The van der Waals surface area contributed by atoms with Crippen LogP contribution in [-0.2, 0) is 4.79 Å². The van der Waals surface area contributed by atoms with Crippen LogP contribution in [0.1, 0.15) is 17.4 Å². The Bertz CT molecular complexity index is 536. The predicted molar refractivity (Wildman–Crippen MR) is 80.1 cm³/mol. The molecule has 0 aliphatic carbocycles. The minimum absolute atomic E-state index is 0.0613. The molecule has 1 aromatic rings. The molecule has 3 heterocycles. The van der Waals surface area contributed by atoms with E-state index < -0.39 is 0 Å². The van der Waals surface area contributed by atoms with Crippen molar-refractivity contribution in [1.29, 1.82) is 0 Å². The van der Waals surface area contributed by atoms with Crippen LogP contribution in [0.3, 0.4) is 0 Å². The molecule has 0 N–H and O–H groups in total. The molecule has 22 heavy (non-hydrogen) atoms. The van der Waals surface area contributed by atoms with E-state index in [4.69, 9.17) is 0 Å². The maximum atomic E-state index is 12.4. The van der Waals surface area contributed by atoms with E-state index in [0.29, 0.717) is 18.8 Å². The van der Waals surface area contributed by atoms with Crippen LogP contribution in [0.2, 0.25) is 0 Å². The standard InChI is InChI=1S/C15H21N5O2/c1-2-18-5-7-19(8-6-18)14(21)12-10-20(11-12)15(22)13-9-16-3-4-17-13/h3-4,9,12H,2,5-8,10-11H2,1H3. The van der Waals surface area contributed by atoms with Crippen LogP contribution >= 0.6 is 0 Å². The smallest absolute Gasteiger partial charge is 0.274 e. The largest absolute Gasteiger partial charge is 0.340 e. The number of likely N-dealkylation sites (tertiary alicyclic amines) is 1. The van der Waals surface area contributed by atoms with Gasteiger partial charge in [0, 0.05) is 51.7 Å². The van der Waals surface area contributed by atoms with Crippen molar-refractivity contribution in [2.24, 2.45) is 5.92 Å². The van der Waals surface area contributed by atoms with Crippen LogP contribution in [0.15, 0.2) is 18.6 Å². The minimum atomic E-state index is -0.145. The molecule has 0 radical (unpaired) electrons. The Hall–Kier alpha value is -2.02. The number of piperazine rings is 1. The number of amides is 2. The average molecular weight is 303 g/mol. The Morgan fingerprint density at radius 1 is 1.14 bits per heavy atom. The Morgan fingerprint density at radius 3 is 2.45 bits per heavy atom. The summed E-state index contributed by atoms with van der Waals surface area (Å²) < 4.78 is 0. The van der Waals surface area contributed by atoms with Crippen LogP contribution in [0, 0.1) is 5.92 Å². The molecule has 0 spiro atoms. The summed E-state index contributed by atoms with van der Waals surface area (Å²) >= 11 is 0. The van der Waals surface area contributed by atoms with Crippen LogP contribution in [-0.4, -0.2) is 82.3 Å². The van der Waals surface area contributed by atoms with Gasteiger partial charge in [0.2, 0.25) is 5.91 Å². The van der Waals surface area contributed by atoms with Crippen molar-refractivity contribution in [3.05, 3.63) is 24.3 Å². The van der Waals surface area contributed by atoms with Gasteiger partial charge in [0.25, 0.3) is 5.91 Å². The van der Waals surface area contributed by atoms with E-state index in [1.807, 2.05) is 4.90 Å². The molecule has 2 aliphatic heterocycles. The first-order valence-electron chi connectivity index (χ1n) is 7.75. The van der Waals surface area contributed by atoms with Crippen LogP contribution < -0.4 is 0 Å². The molecule has 0 aromatic carbocycles. The average Bonchev–Trinajstić information content (AvgIpc) is 2.54. The summed E-state index contributed by atoms with van der Waals surface area (Å²) in [6.07, 6.45) is 4.50. The quantitative estimate of drug-likeness (QED) is 0.768. The normalized spacial score (nSPS) is 19.9. The first-order chi connectivity index (χ1) is 10.7. The molecule has 7 nitrogen and oxygen atoms in total. The lowest BCUT2D eigenvalue weighted by atomic mass is 9.97. The van der Waals surface area contributed by atoms with Crippen molar-refractivity contribution < 1.29 is 9.59 Å². The van der Waals surface area contributed by atoms with Crippen LogP contribution in [0.4, 0.5) is 0 Å². The molecule has 1 aromatic heterocycles. The summed E-state index contributed by atoms with van der Waals surface area (Å²) in [7, 11) is 0. The molecule has 2 fully saturated rings. The Kier molecular flexibility index (Phi) is 4.33. The van der Waals surface area contributed by atoms with Gasteiger partial charge in [-0.15, -0.1) is 0 Å². The molecule has 2 saturated heterocycles. The summed E-state index contributed by atoms with van der Waals surface area (Å²) in [6, 6.07) is 0. The van der Waals surface area contributed by atoms with Crippen molar-refractivity contribution in [1.82, 2.24) is 24.7 Å². The van der Waals surface area contributed by atoms with E-state index in [2.05, 4.69) is 21.8 Å². The van der Waals surface area contributed by atoms with Gasteiger partial charge in [-0.05, 0) is 6.54 Å². The maximum absolute atomic E-state index is 12.4. The molecule has 0 atom stereocenters. The van der Waals surface area contributed by atoms with Crippen molar-refractivity contribution in [3.63, 3.8) is 0 Å². The third-order valence-electron chi connectivity index (χ3n) is 4.43. The molecule has 0 bridgehead atoms. The molecule has 0 saturated carbocycles. The molecule has 118 valence electrons. The first kappa shape index (κ1) is 14.9. The fourth-order valence-corrected chi connectivity index (χ4v) is 2.91. The first-order valence-corrected chi connectivity index (χ1v) is 7.75. The van der Waals surface area contributed by atoms with Crippen LogP contribution in [0.25, 0.3) is 0 Å². The highest BCUT2D eigenvalue weighted by Crippen LogP contribution is 2.20. The van der Waals surface area contributed by atoms with Crippen molar-refractivity contribution in [3.8, 4) is 0 Å². The third kappa shape index (κ3) is 2.94. The Balaban J connectivity index is 1.49. The Morgan fingerprint density at radius 2 is 1.86 bits per heavy atom. The van der Waals surface area contributed by atoms with E-state index in [1.54, 1.807) is 4.90 Å². The summed E-state index contributed by atoms with van der Waals surface area (Å²) in [6.45, 7) is 7.62. The molecule has 2 amide bonds. The maximum Gasteiger partial charge on any atom is 0.274 e. The zero-order valence-electron chi connectivity index (χ0n) is 12.8. The van der Waals surface area contributed by atoms with E-state index in [-0.39, 0.29) is 17.7 Å². The second-order valence-electron chi connectivity index (χ2n) is 5.76. The zero-order valence-corrected chi connectivity index (χ0v) is 12.8. The summed E-state index contributed by atoms with van der Waals surface area (Å²) in [5, 5.41) is 0. The molecule has 2 aliphatic rings. The second-order valence-corrected chi connectivity index (χ2v) is 5.76. The zero-order chi connectivity index (χ0) is 15.5. The van der Waals surface area contributed by atoms with Gasteiger partial charge in [-0.1, -0.05) is 6.92 Å². The van der Waals surface area contributed by atoms with Gasteiger partial charge in [0.1, 0.15) is 5.69 Å². The lowest BCUT2D eigenvalue weighted by Crippen LogP contribution is -2.59. The molecular weight excluding hydrogens is 282 g/mol. The monoisotopic (exact) mass is 303 g/mol. The highest BCUT2D eigenvalue weighted by Gasteiger charge is 2.39. The van der Waals surface area contributed by atoms with Gasteiger partial charge in [0.15, 0.2) is 0 Å². The molecular formula is C15H21N5O2. The highest BCUT2D eigenvalue weighted by atomic mass is 16.2. The van der Waals surface area contributed by atoms with E-state index in [1.165, 1.54) is 18.6 Å². The SMILES string of the molecule is CCN1CCN(C(=O)C2CN(C(=O)c3cnccn3)C2)CC1.